The highest BCUT2D eigenvalue weighted by Gasteiger charge is 2.16. The van der Waals surface area contributed by atoms with E-state index >= 15 is 0 Å². The van der Waals surface area contributed by atoms with Gasteiger partial charge in [-0.05, 0) is 0 Å². The van der Waals surface area contributed by atoms with Crippen LogP contribution in [-0.4, -0.2) is 56.8 Å². The lowest BCUT2D eigenvalue weighted by atomic mass is 10.5. The van der Waals surface area contributed by atoms with Gasteiger partial charge in [0, 0.05) is 11.5 Å². The van der Waals surface area contributed by atoms with E-state index in [1.807, 2.05) is 0 Å². The SMILES string of the molecule is O=Cn1c(=O)n(CCOC(=O)CCS)c(=O)n(CCOC(=O)CCS)c1=O. The fourth-order valence-electron chi connectivity index (χ4n) is 1.95. The standard InChI is InChI=1S/C14H19N3O8S2/c18-9-17-13(22)15(3-5-24-10(19)1-7-26)12(21)16(14(17)23)4-6-25-11(20)2-8-27/h9,26-27H,1-8H2. The Hall–Kier alpha value is -2.28. The summed E-state index contributed by atoms with van der Waals surface area (Å²) >= 11 is 7.74. The second kappa shape index (κ2) is 11.4. The molecule has 0 bridgehead atoms. The second-order valence-electron chi connectivity index (χ2n) is 5.01. The Labute approximate surface area is 163 Å². The van der Waals surface area contributed by atoms with E-state index in [1.165, 1.54) is 0 Å². The number of esters is 2. The fourth-order valence-corrected chi connectivity index (χ4v) is 2.32. The van der Waals surface area contributed by atoms with Crippen molar-refractivity contribution in [2.24, 2.45) is 0 Å². The first-order chi connectivity index (χ1) is 12.9. The maximum Gasteiger partial charge on any atom is 0.343 e. The molecule has 0 aliphatic rings. The summed E-state index contributed by atoms with van der Waals surface area (Å²) in [4.78, 5) is 70.2. The van der Waals surface area contributed by atoms with Gasteiger partial charge in [-0.25, -0.2) is 23.5 Å². The summed E-state index contributed by atoms with van der Waals surface area (Å²) in [6.45, 7) is -1.33. The molecule has 0 saturated carbocycles. The summed E-state index contributed by atoms with van der Waals surface area (Å²) in [6, 6.07) is 0. The maximum atomic E-state index is 12.4. The van der Waals surface area contributed by atoms with E-state index in [2.05, 4.69) is 25.3 Å². The first-order valence-electron chi connectivity index (χ1n) is 7.81. The van der Waals surface area contributed by atoms with Crippen LogP contribution in [0.2, 0.25) is 0 Å². The first kappa shape index (κ1) is 22.8. The van der Waals surface area contributed by atoms with Gasteiger partial charge in [-0.1, -0.05) is 0 Å². The van der Waals surface area contributed by atoms with Crippen molar-refractivity contribution in [3.63, 3.8) is 0 Å². The third-order valence-corrected chi connectivity index (χ3v) is 3.68. The molecular weight excluding hydrogens is 402 g/mol. The van der Waals surface area contributed by atoms with Gasteiger partial charge in [0.25, 0.3) is 0 Å². The van der Waals surface area contributed by atoms with Crippen molar-refractivity contribution in [1.82, 2.24) is 13.7 Å². The van der Waals surface area contributed by atoms with Crippen LogP contribution in [0.15, 0.2) is 14.4 Å². The Morgan fingerprint density at radius 1 is 0.815 bits per heavy atom. The average Bonchev–Trinajstić information content (AvgIpc) is 2.61. The van der Waals surface area contributed by atoms with Gasteiger partial charge in [-0.3, -0.25) is 14.4 Å². The number of aromatic nitrogens is 3. The number of hydrogen-bond acceptors (Lipinski definition) is 10. The molecule has 1 aromatic heterocycles. The van der Waals surface area contributed by atoms with Crippen molar-refractivity contribution in [1.29, 1.82) is 0 Å². The molecule has 0 spiro atoms. The maximum absolute atomic E-state index is 12.4. The Bertz CT molecular complexity index is 795. The summed E-state index contributed by atoms with van der Waals surface area (Å²) < 4.78 is 11.0. The zero-order valence-corrected chi connectivity index (χ0v) is 16.0. The molecule has 13 heteroatoms. The van der Waals surface area contributed by atoms with Crippen molar-refractivity contribution in [3.05, 3.63) is 31.5 Å². The molecule has 0 N–H and O–H groups in total. The monoisotopic (exact) mass is 421 g/mol. The summed E-state index contributed by atoms with van der Waals surface area (Å²) in [5.41, 5.74) is -3.33. The van der Waals surface area contributed by atoms with Crippen LogP contribution < -0.4 is 17.1 Å². The zero-order chi connectivity index (χ0) is 20.4. The van der Waals surface area contributed by atoms with Crippen LogP contribution in [0.1, 0.15) is 12.8 Å². The van der Waals surface area contributed by atoms with Crippen molar-refractivity contribution < 1.29 is 23.9 Å². The zero-order valence-electron chi connectivity index (χ0n) is 14.2. The van der Waals surface area contributed by atoms with Gasteiger partial charge in [-0.15, -0.1) is 0 Å². The van der Waals surface area contributed by atoms with E-state index in [9.17, 15) is 28.8 Å². The van der Waals surface area contributed by atoms with E-state index in [0.717, 1.165) is 0 Å². The highest BCUT2D eigenvalue weighted by molar-refractivity contribution is 7.80. The van der Waals surface area contributed by atoms with Gasteiger partial charge in [0.05, 0.1) is 25.9 Å². The minimum atomic E-state index is -1.16. The predicted octanol–water partition coefficient (Wildman–Crippen LogP) is -2.06. The number of carbonyl (C=O) groups excluding carboxylic acids is 3. The topological polar surface area (TPSA) is 136 Å². The van der Waals surface area contributed by atoms with E-state index in [0.29, 0.717) is 9.13 Å². The highest BCUT2D eigenvalue weighted by Crippen LogP contribution is 1.91. The number of thiol groups is 2. The summed E-state index contributed by atoms with van der Waals surface area (Å²) in [7, 11) is 0. The predicted molar refractivity (Wildman–Crippen MR) is 100 cm³/mol. The molecule has 27 heavy (non-hydrogen) atoms. The van der Waals surface area contributed by atoms with Crippen LogP contribution in [0.5, 0.6) is 0 Å². The molecule has 0 aliphatic heterocycles. The smallest absolute Gasteiger partial charge is 0.343 e. The summed E-state index contributed by atoms with van der Waals surface area (Å²) in [5, 5.41) is 0. The Kier molecular flexibility index (Phi) is 9.64. The van der Waals surface area contributed by atoms with Gasteiger partial charge in [-0.2, -0.15) is 29.8 Å². The second-order valence-corrected chi connectivity index (χ2v) is 5.91. The van der Waals surface area contributed by atoms with Crippen LogP contribution in [0, 0.1) is 0 Å². The highest BCUT2D eigenvalue weighted by atomic mass is 32.1. The lowest BCUT2D eigenvalue weighted by Crippen LogP contribution is -2.55. The molecule has 1 aromatic rings. The molecular formula is C14H19N3O8S2. The summed E-state index contributed by atoms with van der Waals surface area (Å²) in [5.74, 6) is -0.599. The average molecular weight is 421 g/mol. The van der Waals surface area contributed by atoms with Crippen LogP contribution in [0.4, 0.5) is 0 Å². The molecule has 0 amide bonds. The van der Waals surface area contributed by atoms with Crippen LogP contribution in [-0.2, 0) is 36.9 Å². The Balaban J connectivity index is 3.03. The number of hydrogen-bond donors (Lipinski definition) is 2. The van der Waals surface area contributed by atoms with Crippen molar-refractivity contribution in [3.8, 4) is 0 Å². The van der Waals surface area contributed by atoms with Gasteiger partial charge in [0.2, 0.25) is 6.41 Å². The number of ether oxygens (including phenoxy) is 2. The van der Waals surface area contributed by atoms with E-state index < -0.39 is 29.0 Å². The molecule has 0 aromatic carbocycles. The molecule has 150 valence electrons. The quantitative estimate of drug-likeness (QED) is 0.236. The Morgan fingerprint density at radius 2 is 1.22 bits per heavy atom. The van der Waals surface area contributed by atoms with Gasteiger partial charge in [0.1, 0.15) is 13.2 Å². The largest absolute Gasteiger partial charge is 0.464 e. The molecule has 11 nitrogen and oxygen atoms in total. The molecule has 0 unspecified atom stereocenters. The molecule has 1 heterocycles. The van der Waals surface area contributed by atoms with Gasteiger partial charge >= 0.3 is 29.0 Å². The normalized spacial score (nSPS) is 10.4. The molecule has 1 rings (SSSR count). The number of rotatable bonds is 11. The van der Waals surface area contributed by atoms with Gasteiger partial charge in [0.15, 0.2) is 0 Å². The van der Waals surface area contributed by atoms with Crippen molar-refractivity contribution in [2.45, 2.75) is 25.9 Å². The minimum Gasteiger partial charge on any atom is -0.464 e. The fraction of sp³-hybridized carbons (Fsp3) is 0.571. The van der Waals surface area contributed by atoms with Crippen LogP contribution in [0.3, 0.4) is 0 Å². The third kappa shape index (κ3) is 6.43. The van der Waals surface area contributed by atoms with Crippen LogP contribution in [0.25, 0.3) is 0 Å². The lowest BCUT2D eigenvalue weighted by molar-refractivity contribution is -0.144. The third-order valence-electron chi connectivity index (χ3n) is 3.23. The lowest BCUT2D eigenvalue weighted by Gasteiger charge is -2.11. The number of carbonyl (C=O) groups is 3. The molecule has 0 saturated heterocycles. The minimum absolute atomic E-state index is 0.0308. The molecule has 0 radical (unpaired) electrons. The molecule has 0 atom stereocenters. The van der Waals surface area contributed by atoms with Crippen molar-refractivity contribution in [2.75, 3.05) is 24.7 Å². The van der Waals surface area contributed by atoms with E-state index in [1.54, 1.807) is 0 Å². The number of nitrogens with zero attached hydrogens (tertiary/aromatic N) is 3. The summed E-state index contributed by atoms with van der Waals surface area (Å²) in [6.07, 6.45) is 0.0678. The molecule has 0 fully saturated rings. The van der Waals surface area contributed by atoms with Crippen molar-refractivity contribution >= 4 is 43.6 Å². The Morgan fingerprint density at radius 3 is 1.56 bits per heavy atom. The van der Waals surface area contributed by atoms with Crippen LogP contribution >= 0.6 is 25.3 Å². The van der Waals surface area contributed by atoms with E-state index in [-0.39, 0.29) is 61.6 Å². The first-order valence-corrected chi connectivity index (χ1v) is 9.08. The molecule has 0 aliphatic carbocycles. The van der Waals surface area contributed by atoms with E-state index in [4.69, 9.17) is 9.47 Å². The van der Waals surface area contributed by atoms with Gasteiger partial charge < -0.3 is 9.47 Å².